The first-order chi connectivity index (χ1) is 25.8. The molecule has 3 heterocycles. The van der Waals surface area contributed by atoms with Crippen LogP contribution in [0, 0.1) is 11.8 Å². The average molecular weight is 727 g/mol. The molecule has 0 spiro atoms. The summed E-state index contributed by atoms with van der Waals surface area (Å²) in [5.74, 6) is -0.748. The Morgan fingerprint density at radius 2 is 1.96 bits per heavy atom. The molecule has 0 radical (unpaired) electrons. The van der Waals surface area contributed by atoms with Crippen LogP contribution >= 0.6 is 0 Å². The molecule has 6 rings (SSSR count). The second kappa shape index (κ2) is 17.4. The summed E-state index contributed by atoms with van der Waals surface area (Å²) in [6.45, 7) is 9.76. The normalized spacial score (nSPS) is 28.8. The van der Waals surface area contributed by atoms with Gasteiger partial charge >= 0.3 is 12.1 Å². The van der Waals surface area contributed by atoms with E-state index in [2.05, 4.69) is 29.9 Å². The molecule has 53 heavy (non-hydrogen) atoms. The van der Waals surface area contributed by atoms with Crippen molar-refractivity contribution < 1.29 is 33.4 Å². The van der Waals surface area contributed by atoms with E-state index in [0.29, 0.717) is 30.7 Å². The van der Waals surface area contributed by atoms with Crippen LogP contribution in [0.2, 0.25) is 0 Å². The Balaban J connectivity index is 1.26. The maximum Gasteiger partial charge on any atom is 0.408 e. The molecular formula is C42H54N4O7. The summed E-state index contributed by atoms with van der Waals surface area (Å²) in [6, 6.07) is 7.71. The van der Waals surface area contributed by atoms with Crippen LogP contribution in [0.1, 0.15) is 96.1 Å². The lowest BCUT2D eigenvalue weighted by Gasteiger charge is -2.30. The smallest absolute Gasteiger partial charge is 0.408 e. The van der Waals surface area contributed by atoms with Crippen LogP contribution in [0.15, 0.2) is 61.7 Å². The second-order valence-electron chi connectivity index (χ2n) is 14.9. The largest absolute Gasteiger partial charge is 0.486 e. The summed E-state index contributed by atoms with van der Waals surface area (Å²) in [5.41, 5.74) is 0.151. The molecule has 1 aromatic heterocycles. The monoisotopic (exact) mass is 726 g/mol. The number of pyridine rings is 1. The molecule has 2 aliphatic carbocycles. The third-order valence-corrected chi connectivity index (χ3v) is 11.2. The number of amides is 3. The van der Waals surface area contributed by atoms with Crippen LogP contribution in [-0.2, 0) is 23.9 Å². The van der Waals surface area contributed by atoms with Gasteiger partial charge < -0.3 is 29.7 Å². The number of hydrogen-bond acceptors (Lipinski definition) is 8. The third kappa shape index (κ3) is 8.93. The standard InChI is InChI=1S/C42H54N4O7/c1-4-7-11-17-28-19-16-23-36(28)53-41(50)44-34-22-13-10-8-9-12-20-30-26-42(30,40(49)51-6-3)45-38(47)35-25-31(27-46(35)39(34)48)52-37-24-29-18-14-15-21-33(29)43-32(37)5-2/h4-5,12,14-15,18,20-21,24,28,30-31,34-36H,1-2,6-11,13,16-17,19,22-23,25-27H2,3H3,(H,44,50)(H,45,47)/t28-,30-,31-,34+,35+,36-,42-/m1/s1. The van der Waals surface area contributed by atoms with Gasteiger partial charge in [-0.3, -0.25) is 9.59 Å². The van der Waals surface area contributed by atoms with Crippen molar-refractivity contribution in [3.8, 4) is 5.75 Å². The van der Waals surface area contributed by atoms with Crippen molar-refractivity contribution in [1.29, 1.82) is 0 Å². The van der Waals surface area contributed by atoms with Crippen LogP contribution in [-0.4, -0.2) is 76.7 Å². The fourth-order valence-electron chi connectivity index (χ4n) is 8.25. The van der Waals surface area contributed by atoms with Crippen molar-refractivity contribution in [1.82, 2.24) is 20.5 Å². The van der Waals surface area contributed by atoms with Gasteiger partial charge in [0.25, 0.3) is 0 Å². The zero-order valence-electron chi connectivity index (χ0n) is 30.9. The zero-order valence-corrected chi connectivity index (χ0v) is 30.9. The summed E-state index contributed by atoms with van der Waals surface area (Å²) in [7, 11) is 0. The van der Waals surface area contributed by atoms with Gasteiger partial charge in [-0.05, 0) is 95.3 Å². The molecule has 1 saturated heterocycles. The van der Waals surface area contributed by atoms with E-state index in [1.807, 2.05) is 42.5 Å². The van der Waals surface area contributed by atoms with E-state index in [0.717, 1.165) is 68.7 Å². The number of aromatic nitrogens is 1. The Hall–Kier alpha value is -4.67. The van der Waals surface area contributed by atoms with Crippen molar-refractivity contribution >= 4 is 40.9 Å². The van der Waals surface area contributed by atoms with Gasteiger partial charge in [-0.25, -0.2) is 14.6 Å². The van der Waals surface area contributed by atoms with Gasteiger partial charge in [0, 0.05) is 17.7 Å². The number of fused-ring (bicyclic) bond motifs is 3. The molecule has 0 unspecified atom stereocenters. The van der Waals surface area contributed by atoms with Crippen LogP contribution < -0.4 is 15.4 Å². The summed E-state index contributed by atoms with van der Waals surface area (Å²) in [4.78, 5) is 61.9. The molecule has 11 nitrogen and oxygen atoms in total. The molecule has 2 aliphatic heterocycles. The van der Waals surface area contributed by atoms with Crippen LogP contribution in [0.4, 0.5) is 4.79 Å². The van der Waals surface area contributed by atoms with E-state index in [4.69, 9.17) is 19.2 Å². The number of rotatable bonds is 11. The fraction of sp³-hybridized carbons (Fsp3) is 0.548. The van der Waals surface area contributed by atoms with E-state index in [1.165, 1.54) is 4.90 Å². The highest BCUT2D eigenvalue weighted by molar-refractivity contribution is 5.96. The van der Waals surface area contributed by atoms with Gasteiger partial charge in [-0.15, -0.1) is 6.58 Å². The number of esters is 1. The Labute approximate surface area is 312 Å². The number of nitrogens with one attached hydrogen (secondary N) is 2. The number of allylic oxidation sites excluding steroid dienone is 2. The van der Waals surface area contributed by atoms with Crippen LogP contribution in [0.3, 0.4) is 0 Å². The predicted octanol–water partition coefficient (Wildman–Crippen LogP) is 6.80. The van der Waals surface area contributed by atoms with Gasteiger partial charge in [0.2, 0.25) is 11.8 Å². The average Bonchev–Trinajstić information content (AvgIpc) is 3.42. The molecule has 0 bridgehead atoms. The van der Waals surface area contributed by atoms with Crippen LogP contribution in [0.5, 0.6) is 5.75 Å². The summed E-state index contributed by atoms with van der Waals surface area (Å²) < 4.78 is 17.9. The minimum Gasteiger partial charge on any atom is -0.486 e. The van der Waals surface area contributed by atoms with Crippen LogP contribution in [0.25, 0.3) is 17.0 Å². The minimum atomic E-state index is -1.19. The molecule has 11 heteroatoms. The first-order valence-electron chi connectivity index (χ1n) is 19.5. The molecule has 1 aromatic carbocycles. The van der Waals surface area contributed by atoms with E-state index in [1.54, 1.807) is 13.0 Å². The lowest BCUT2D eigenvalue weighted by atomic mass is 9.98. The Morgan fingerprint density at radius 1 is 1.11 bits per heavy atom. The number of unbranched alkanes of at least 4 members (excludes halogenated alkanes) is 1. The number of nitrogens with zero attached hydrogens (tertiary/aromatic N) is 2. The SMILES string of the molecule is C=CCCC[C@@H]1CCC[C@H]1OC(=O)N[C@H]1CCCCCC=C[C@@H]2C[C@@]2(C(=O)OCC)NC(=O)[C@@H]2C[C@@H](Oc3cc4ccccc4nc3C=C)CN2C1=O. The Kier molecular flexibility index (Phi) is 12.5. The highest BCUT2D eigenvalue weighted by Crippen LogP contribution is 2.46. The first kappa shape index (κ1) is 38.1. The molecule has 7 atom stereocenters. The van der Waals surface area contributed by atoms with Crippen molar-refractivity contribution in [3.63, 3.8) is 0 Å². The molecule has 284 valence electrons. The van der Waals surface area contributed by atoms with E-state index in [-0.39, 0.29) is 43.4 Å². The van der Waals surface area contributed by atoms with Gasteiger partial charge in [0.1, 0.15) is 41.3 Å². The first-order valence-corrected chi connectivity index (χ1v) is 19.5. The van der Waals surface area contributed by atoms with E-state index >= 15 is 0 Å². The molecule has 2 aromatic rings. The summed E-state index contributed by atoms with van der Waals surface area (Å²) in [5, 5.41) is 6.81. The summed E-state index contributed by atoms with van der Waals surface area (Å²) in [6.07, 6.45) is 16.1. The van der Waals surface area contributed by atoms with Gasteiger partial charge in [-0.1, -0.05) is 55.8 Å². The zero-order chi connectivity index (χ0) is 37.4. The molecule has 2 saturated carbocycles. The highest BCUT2D eigenvalue weighted by Gasteiger charge is 2.62. The maximum absolute atomic E-state index is 14.6. The fourth-order valence-corrected chi connectivity index (χ4v) is 8.25. The van der Waals surface area contributed by atoms with Gasteiger partial charge in [-0.2, -0.15) is 0 Å². The van der Waals surface area contributed by atoms with Gasteiger partial charge in [0.05, 0.1) is 18.7 Å². The predicted molar refractivity (Wildman–Crippen MR) is 203 cm³/mol. The molecule has 3 amide bonds. The molecular weight excluding hydrogens is 672 g/mol. The molecule has 2 N–H and O–H groups in total. The lowest BCUT2D eigenvalue weighted by Crippen LogP contribution is -2.56. The topological polar surface area (TPSA) is 136 Å². The molecule has 4 aliphatic rings. The van der Waals surface area contributed by atoms with Crippen molar-refractivity contribution in [2.24, 2.45) is 11.8 Å². The number of carbonyl (C=O) groups is 4. The maximum atomic E-state index is 14.6. The number of hydrogen-bond donors (Lipinski definition) is 2. The third-order valence-electron chi connectivity index (χ3n) is 11.2. The summed E-state index contributed by atoms with van der Waals surface area (Å²) >= 11 is 0. The number of benzene rings is 1. The quantitative estimate of drug-likeness (QED) is 0.147. The van der Waals surface area contributed by atoms with Crippen molar-refractivity contribution in [2.45, 2.75) is 120 Å². The minimum absolute atomic E-state index is 0.0945. The number of carbonyl (C=O) groups excluding carboxylic acids is 4. The Bertz CT molecular complexity index is 1710. The number of alkyl carbamates (subject to hydrolysis) is 1. The van der Waals surface area contributed by atoms with Crippen molar-refractivity contribution in [3.05, 3.63) is 67.4 Å². The molecule has 3 fully saturated rings. The van der Waals surface area contributed by atoms with E-state index < -0.39 is 41.7 Å². The van der Waals surface area contributed by atoms with Crippen molar-refractivity contribution in [2.75, 3.05) is 13.2 Å². The second-order valence-corrected chi connectivity index (χ2v) is 14.9. The van der Waals surface area contributed by atoms with Gasteiger partial charge in [0.15, 0.2) is 0 Å². The van der Waals surface area contributed by atoms with E-state index in [9.17, 15) is 19.2 Å². The lowest BCUT2D eigenvalue weighted by molar-refractivity contribution is -0.150. The highest BCUT2D eigenvalue weighted by atomic mass is 16.6. The Morgan fingerprint density at radius 3 is 2.77 bits per heavy atom. The number of para-hydroxylation sites is 1. The number of ether oxygens (including phenoxy) is 3.